The van der Waals surface area contributed by atoms with Crippen molar-refractivity contribution in [2.24, 2.45) is 5.92 Å². The third-order valence-electron chi connectivity index (χ3n) is 16.7. The standard InChI is InChI=1S/C74H105N8O23P/c1-52-23-25-54(26-24-52)15-12-22-63(83)75-39-11-9-19-60(73(95)96)81-71(92)59(30-32-64(84)76-38-10-3-4-21-66(86)80-61(74(97)98)31-33-67(87)78-53(2)14-13-41-105-106(99,100)51-58(72(93)94)29-36-70(90)91)79-68(88)37-42-101-44-46-103-48-49-104-47-45-102-43-40-77-65(85)34-35-69(89)82-50-57-18-6-5-16-55(57)27-28-56-17-7-8-20-62(56)82/h5-8,16-18,20,23-26,53,58-61H,3-4,9-15,19,21-22,29-51H2,1-2H3,(H,75,83)(H,76,84)(H,77,85)(H,78,87)(H,79,88)(H,80,86)(H,81,92)(H,90,91)(H,93,94)(H,95,96)(H,97,98)(H,99,100)/t53-,58?,59?,60+,61?/m1/s1. The van der Waals surface area contributed by atoms with Gasteiger partial charge in [0, 0.05) is 88.2 Å². The Morgan fingerprint density at radius 2 is 1.01 bits per heavy atom. The fourth-order valence-corrected chi connectivity index (χ4v) is 12.2. The van der Waals surface area contributed by atoms with Crippen LogP contribution < -0.4 is 42.1 Å². The van der Waals surface area contributed by atoms with Crippen LogP contribution in [0.4, 0.5) is 5.69 Å². The van der Waals surface area contributed by atoms with Gasteiger partial charge in [0.2, 0.25) is 47.3 Å². The van der Waals surface area contributed by atoms with E-state index in [1.807, 2.05) is 79.7 Å². The number of carbonyl (C=O) groups is 12. The number of amides is 8. The highest BCUT2D eigenvalue weighted by molar-refractivity contribution is 7.52. The lowest BCUT2D eigenvalue weighted by molar-refractivity contribution is -0.143. The Kier molecular flexibility index (Phi) is 43.1. The van der Waals surface area contributed by atoms with Gasteiger partial charge in [0.05, 0.1) is 83.8 Å². The van der Waals surface area contributed by atoms with Gasteiger partial charge in [-0.05, 0) is 120 Å². The Morgan fingerprint density at radius 1 is 0.472 bits per heavy atom. The van der Waals surface area contributed by atoms with Gasteiger partial charge in [-0.1, -0.05) is 78.4 Å². The van der Waals surface area contributed by atoms with Crippen LogP contribution in [0.3, 0.4) is 0 Å². The van der Waals surface area contributed by atoms with Crippen LogP contribution in [0.15, 0.2) is 72.8 Å². The summed E-state index contributed by atoms with van der Waals surface area (Å²) in [5.74, 6) is -4.06. The molecule has 12 N–H and O–H groups in total. The number of carboxylic acids is 4. The molecule has 106 heavy (non-hydrogen) atoms. The lowest BCUT2D eigenvalue weighted by Crippen LogP contribution is -2.52. The second kappa shape index (κ2) is 51.1. The van der Waals surface area contributed by atoms with Crippen LogP contribution in [0.25, 0.3) is 0 Å². The molecule has 0 spiro atoms. The molecular weight excluding hydrogens is 1400 g/mol. The van der Waals surface area contributed by atoms with Crippen LogP contribution in [0, 0.1) is 24.7 Å². The highest BCUT2D eigenvalue weighted by Crippen LogP contribution is 2.45. The van der Waals surface area contributed by atoms with Crippen molar-refractivity contribution in [1.29, 1.82) is 0 Å². The largest absolute Gasteiger partial charge is 0.481 e. The Balaban J connectivity index is 1.11. The predicted octanol–water partition coefficient (Wildman–Crippen LogP) is 4.82. The fourth-order valence-electron chi connectivity index (χ4n) is 10.8. The van der Waals surface area contributed by atoms with Crippen molar-refractivity contribution in [1.82, 2.24) is 37.2 Å². The van der Waals surface area contributed by atoms with E-state index < -0.39 is 104 Å². The number of para-hydroxylation sites is 1. The van der Waals surface area contributed by atoms with Crippen molar-refractivity contribution in [2.45, 2.75) is 179 Å². The molecule has 584 valence electrons. The molecule has 0 saturated carbocycles. The quantitative estimate of drug-likeness (QED) is 0.0205. The summed E-state index contributed by atoms with van der Waals surface area (Å²) in [6, 6.07) is 18.6. The number of unbranched alkanes of at least 4 members (excludes halogenated alkanes) is 3. The molecule has 32 heteroatoms. The van der Waals surface area contributed by atoms with Crippen LogP contribution in [0.2, 0.25) is 0 Å². The van der Waals surface area contributed by atoms with Crippen molar-refractivity contribution in [2.75, 3.05) is 90.2 Å². The number of aryl methyl sites for hydroxylation is 2. The summed E-state index contributed by atoms with van der Waals surface area (Å²) in [5.41, 5.74) is 5.47. The molecule has 0 bridgehead atoms. The molecule has 1 heterocycles. The lowest BCUT2D eigenvalue weighted by atomic mass is 10.0. The van der Waals surface area contributed by atoms with E-state index in [-0.39, 0.29) is 167 Å². The predicted molar refractivity (Wildman–Crippen MR) is 388 cm³/mol. The van der Waals surface area contributed by atoms with Gasteiger partial charge >= 0.3 is 31.5 Å². The molecule has 0 aromatic heterocycles. The zero-order valence-electron chi connectivity index (χ0n) is 60.5. The first kappa shape index (κ1) is 89.2. The van der Waals surface area contributed by atoms with Gasteiger partial charge in [-0.3, -0.25) is 52.5 Å². The number of hydrogen-bond acceptors (Lipinski definition) is 18. The first-order valence-corrected chi connectivity index (χ1v) is 37.8. The van der Waals surface area contributed by atoms with Gasteiger partial charge in [0.25, 0.3) is 0 Å². The number of rotatable bonds is 57. The third kappa shape index (κ3) is 39.3. The second-order valence-electron chi connectivity index (χ2n) is 25.6. The maximum absolute atomic E-state index is 13.7. The van der Waals surface area contributed by atoms with E-state index in [0.717, 1.165) is 34.2 Å². The second-order valence-corrected chi connectivity index (χ2v) is 27.5. The first-order chi connectivity index (χ1) is 50.8. The van der Waals surface area contributed by atoms with E-state index in [0.29, 0.717) is 63.7 Å². The number of benzene rings is 3. The summed E-state index contributed by atoms with van der Waals surface area (Å²) < 4.78 is 39.6. The molecule has 8 amide bonds. The average Bonchev–Trinajstić information content (AvgIpc) is 0.805. The van der Waals surface area contributed by atoms with Gasteiger partial charge in [-0.25, -0.2) is 9.59 Å². The maximum atomic E-state index is 13.7. The Labute approximate surface area is 618 Å². The summed E-state index contributed by atoms with van der Waals surface area (Å²) in [5, 5.41) is 56.4. The van der Waals surface area contributed by atoms with Crippen molar-refractivity contribution in [3.8, 4) is 11.8 Å². The van der Waals surface area contributed by atoms with E-state index in [1.54, 1.807) is 11.8 Å². The number of carboxylic acid groups (broad SMARTS) is 4. The van der Waals surface area contributed by atoms with Crippen molar-refractivity contribution in [3.63, 3.8) is 0 Å². The number of anilines is 1. The van der Waals surface area contributed by atoms with Crippen LogP contribution >= 0.6 is 7.60 Å². The minimum atomic E-state index is -4.37. The summed E-state index contributed by atoms with van der Waals surface area (Å²) in [6.07, 6.45) is 1.22. The number of carbonyl (C=O) groups excluding carboxylic acids is 8. The topological polar surface area (TPSA) is 457 Å². The highest BCUT2D eigenvalue weighted by Gasteiger charge is 2.32. The number of fused-ring (bicyclic) bond motifs is 2. The molecule has 0 radical (unpaired) electrons. The zero-order chi connectivity index (χ0) is 77.5. The van der Waals surface area contributed by atoms with Crippen LogP contribution in [0.5, 0.6) is 0 Å². The average molecular weight is 1510 g/mol. The minimum Gasteiger partial charge on any atom is -0.481 e. The Morgan fingerprint density at radius 3 is 1.68 bits per heavy atom. The molecule has 4 unspecified atom stereocenters. The SMILES string of the molecule is Cc1ccc(CCCC(=O)NCCCC[C@H](NC(=O)C(CCC(=O)NCCCCCC(=O)NC(CCC(=O)N[C@H](C)CCCOP(=O)(O)CC(CCC(=O)O)C(=O)O)C(=O)O)NC(=O)CCOCCOCCOCCOCCNC(=O)CCC(=O)N2Cc3ccccc3C#Cc3ccccc32)C(=O)O)cc1. The van der Waals surface area contributed by atoms with E-state index in [1.165, 1.54) is 0 Å². The van der Waals surface area contributed by atoms with Gasteiger partial charge in [-0.15, -0.1) is 0 Å². The Bertz CT molecular complexity index is 3440. The van der Waals surface area contributed by atoms with Crippen LogP contribution in [-0.4, -0.2) is 206 Å². The molecule has 4 rings (SSSR count). The molecule has 1 aliphatic rings. The number of nitrogens with zero attached hydrogens (tertiary/aromatic N) is 1. The van der Waals surface area contributed by atoms with E-state index in [9.17, 15) is 82.3 Å². The van der Waals surface area contributed by atoms with Gasteiger partial charge in [-0.2, -0.15) is 0 Å². The van der Waals surface area contributed by atoms with Crippen LogP contribution in [-0.2, 0) is 98.5 Å². The fraction of sp³-hybridized carbons (Fsp3) is 0.568. The highest BCUT2D eigenvalue weighted by atomic mass is 31.2. The number of ether oxygens (including phenoxy) is 4. The zero-order valence-corrected chi connectivity index (χ0v) is 61.4. The summed E-state index contributed by atoms with van der Waals surface area (Å²) in [6.45, 7) is 5.87. The van der Waals surface area contributed by atoms with Crippen LogP contribution in [0.1, 0.15) is 163 Å². The van der Waals surface area contributed by atoms with Crippen molar-refractivity contribution < 1.29 is 111 Å². The van der Waals surface area contributed by atoms with E-state index in [4.69, 9.17) is 28.6 Å². The number of aliphatic carboxylic acids is 4. The molecule has 0 saturated heterocycles. The van der Waals surface area contributed by atoms with Gasteiger partial charge in [0.1, 0.15) is 18.1 Å². The maximum Gasteiger partial charge on any atom is 0.328 e. The van der Waals surface area contributed by atoms with E-state index >= 15 is 0 Å². The molecule has 0 fully saturated rings. The molecule has 31 nitrogen and oxygen atoms in total. The monoisotopic (exact) mass is 1500 g/mol. The molecule has 1 aliphatic heterocycles. The molecule has 3 aromatic rings. The third-order valence-corrected chi connectivity index (χ3v) is 18.2. The summed E-state index contributed by atoms with van der Waals surface area (Å²) in [4.78, 5) is 162. The smallest absolute Gasteiger partial charge is 0.328 e. The molecule has 3 aromatic carbocycles. The number of nitrogens with one attached hydrogen (secondary N) is 7. The Hall–Kier alpha value is -9.15. The lowest BCUT2D eigenvalue weighted by Gasteiger charge is -2.26. The minimum absolute atomic E-state index is 0.00439. The summed E-state index contributed by atoms with van der Waals surface area (Å²) in [7, 11) is -4.37. The molecular formula is C74H105N8O23P. The normalized spacial score (nSPS) is 13.5. The summed E-state index contributed by atoms with van der Waals surface area (Å²) >= 11 is 0. The molecule has 6 atom stereocenters. The van der Waals surface area contributed by atoms with Crippen molar-refractivity contribution >= 4 is 84.4 Å². The number of hydrogen-bond donors (Lipinski definition) is 12. The van der Waals surface area contributed by atoms with Gasteiger partial charge < -0.3 is 90.9 Å². The van der Waals surface area contributed by atoms with Gasteiger partial charge in [0.15, 0.2) is 0 Å². The molecule has 0 aliphatic carbocycles. The van der Waals surface area contributed by atoms with Crippen molar-refractivity contribution in [3.05, 3.63) is 101 Å². The van der Waals surface area contributed by atoms with E-state index in [2.05, 4.69) is 49.1 Å². The first-order valence-electron chi connectivity index (χ1n) is 36.0.